The third kappa shape index (κ3) is 4.14. The predicted molar refractivity (Wildman–Crippen MR) is 105 cm³/mol. The second-order valence-corrected chi connectivity index (χ2v) is 10.1. The molecule has 2 nitrogen and oxygen atoms in total. The van der Waals surface area contributed by atoms with Crippen molar-refractivity contribution in [2.45, 2.75) is 92.2 Å². The van der Waals surface area contributed by atoms with Crippen LogP contribution in [-0.2, 0) is 0 Å². The van der Waals surface area contributed by atoms with Gasteiger partial charge in [-0.1, -0.05) is 54.4 Å². The first-order valence-corrected chi connectivity index (χ1v) is 10.9. The van der Waals surface area contributed by atoms with Crippen molar-refractivity contribution < 1.29 is 4.57 Å². The van der Waals surface area contributed by atoms with Crippen LogP contribution in [0.3, 0.4) is 0 Å². The summed E-state index contributed by atoms with van der Waals surface area (Å²) in [6.45, 7) is 14.6. The van der Waals surface area contributed by atoms with E-state index < -0.39 is 0 Å². The van der Waals surface area contributed by atoms with Crippen LogP contribution in [-0.4, -0.2) is 4.57 Å². The van der Waals surface area contributed by atoms with Gasteiger partial charge in [-0.15, -0.1) is 0 Å². The average molecular weight is 346 g/mol. The zero-order valence-electron chi connectivity index (χ0n) is 17.5. The van der Waals surface area contributed by atoms with Crippen LogP contribution in [0.4, 0.5) is 0 Å². The molecule has 0 N–H and O–H groups in total. The van der Waals surface area contributed by atoms with Gasteiger partial charge in [-0.25, -0.2) is 9.13 Å². The Bertz CT molecular complexity index is 498. The van der Waals surface area contributed by atoms with Gasteiger partial charge in [0.2, 0.25) is 6.33 Å². The highest BCUT2D eigenvalue weighted by Gasteiger charge is 2.38. The lowest BCUT2D eigenvalue weighted by Crippen LogP contribution is -2.46. The van der Waals surface area contributed by atoms with Gasteiger partial charge >= 0.3 is 0 Å². The van der Waals surface area contributed by atoms with E-state index in [1.54, 1.807) is 0 Å². The predicted octanol–water partition coefficient (Wildman–Crippen LogP) is 6.04. The van der Waals surface area contributed by atoms with E-state index in [1.807, 2.05) is 0 Å². The van der Waals surface area contributed by atoms with Gasteiger partial charge in [-0.3, -0.25) is 0 Å². The largest absolute Gasteiger partial charge is 0.244 e. The van der Waals surface area contributed by atoms with Gasteiger partial charge in [0, 0.05) is 11.8 Å². The van der Waals surface area contributed by atoms with E-state index in [0.29, 0.717) is 12.1 Å². The summed E-state index contributed by atoms with van der Waals surface area (Å²) in [5.41, 5.74) is 0. The molecule has 1 heterocycles. The Balaban J connectivity index is 1.82. The minimum Gasteiger partial charge on any atom is -0.234 e. The first-order chi connectivity index (χ1) is 11.9. The van der Waals surface area contributed by atoms with Gasteiger partial charge < -0.3 is 0 Å². The van der Waals surface area contributed by atoms with Crippen LogP contribution in [0.1, 0.15) is 92.2 Å². The maximum atomic E-state index is 2.58. The van der Waals surface area contributed by atoms with Gasteiger partial charge in [0.15, 0.2) is 0 Å². The van der Waals surface area contributed by atoms with Crippen LogP contribution in [0.25, 0.3) is 0 Å². The number of nitrogens with zero attached hydrogens (tertiary/aromatic N) is 2. The second kappa shape index (κ2) is 7.84. The van der Waals surface area contributed by atoms with Crippen molar-refractivity contribution in [3.05, 3.63) is 18.7 Å². The highest BCUT2D eigenvalue weighted by molar-refractivity contribution is 4.88. The van der Waals surface area contributed by atoms with Gasteiger partial charge in [-0.05, 0) is 49.4 Å². The number of aromatic nitrogens is 2. The number of hydrogen-bond acceptors (Lipinski definition) is 0. The van der Waals surface area contributed by atoms with Crippen molar-refractivity contribution in [2.24, 2.45) is 35.5 Å². The molecule has 3 rings (SSSR count). The summed E-state index contributed by atoms with van der Waals surface area (Å²) in [5.74, 6) is 4.98. The molecule has 0 radical (unpaired) electrons. The second-order valence-electron chi connectivity index (χ2n) is 10.1. The smallest absolute Gasteiger partial charge is 0.234 e. The third-order valence-electron chi connectivity index (χ3n) is 7.42. The van der Waals surface area contributed by atoms with Crippen LogP contribution in [0.15, 0.2) is 18.7 Å². The SMILES string of the molecule is CC1CCC(C(C)C)C(n2cc[n+](C3CC(C)CCC3C(C)C)c2)C1. The molecule has 2 fully saturated rings. The fraction of sp³-hybridized carbons (Fsp3) is 0.870. The molecule has 0 spiro atoms. The lowest BCUT2D eigenvalue weighted by atomic mass is 9.74. The van der Waals surface area contributed by atoms with Crippen molar-refractivity contribution >= 4 is 0 Å². The first kappa shape index (κ1) is 19.0. The molecule has 0 amide bonds. The van der Waals surface area contributed by atoms with E-state index in [9.17, 15) is 0 Å². The molecule has 6 unspecified atom stereocenters. The molecule has 2 aliphatic rings. The summed E-state index contributed by atoms with van der Waals surface area (Å²) in [5, 5.41) is 0. The molecule has 25 heavy (non-hydrogen) atoms. The zero-order chi connectivity index (χ0) is 18.1. The van der Waals surface area contributed by atoms with Crippen LogP contribution in [0, 0.1) is 35.5 Å². The Labute approximate surface area is 156 Å². The molecule has 1 aromatic rings. The number of imidazole rings is 1. The maximum Gasteiger partial charge on any atom is 0.244 e. The molecule has 2 aliphatic carbocycles. The normalized spacial score (nSPS) is 37.0. The van der Waals surface area contributed by atoms with E-state index in [2.05, 4.69) is 69.4 Å². The Hall–Kier alpha value is -0.790. The Morgan fingerprint density at radius 3 is 2.08 bits per heavy atom. The Morgan fingerprint density at radius 1 is 0.840 bits per heavy atom. The van der Waals surface area contributed by atoms with Crippen molar-refractivity contribution in [3.63, 3.8) is 0 Å². The van der Waals surface area contributed by atoms with Gasteiger partial charge in [0.1, 0.15) is 24.5 Å². The lowest BCUT2D eigenvalue weighted by molar-refractivity contribution is -0.734. The molecular weight excluding hydrogens is 304 g/mol. The highest BCUT2D eigenvalue weighted by Crippen LogP contribution is 2.41. The summed E-state index contributed by atoms with van der Waals surface area (Å²) in [6, 6.07) is 1.40. The molecule has 2 heteroatoms. The molecular formula is C23H41N2+. The van der Waals surface area contributed by atoms with Crippen molar-refractivity contribution in [1.82, 2.24) is 4.57 Å². The molecule has 0 aromatic carbocycles. The lowest BCUT2D eigenvalue weighted by Gasteiger charge is -2.36. The molecule has 142 valence electrons. The Kier molecular flexibility index (Phi) is 5.96. The molecule has 6 atom stereocenters. The fourth-order valence-electron chi connectivity index (χ4n) is 5.77. The van der Waals surface area contributed by atoms with Crippen LogP contribution in [0.5, 0.6) is 0 Å². The van der Waals surface area contributed by atoms with E-state index >= 15 is 0 Å². The standard InChI is InChI=1S/C23H41N2/c1-16(2)20-9-7-18(5)13-22(20)24-11-12-25(15-24)23-14-19(6)8-10-21(23)17(3)4/h11-12,15-23H,7-10,13-14H2,1-6H3/q+1. The van der Waals surface area contributed by atoms with Gasteiger partial charge in [0.25, 0.3) is 0 Å². The third-order valence-corrected chi connectivity index (χ3v) is 7.42. The summed E-state index contributed by atoms with van der Waals surface area (Å²) in [6.07, 6.45) is 15.6. The van der Waals surface area contributed by atoms with E-state index in [0.717, 1.165) is 35.5 Å². The zero-order valence-corrected chi connectivity index (χ0v) is 17.5. The van der Waals surface area contributed by atoms with Gasteiger partial charge in [-0.2, -0.15) is 0 Å². The first-order valence-electron chi connectivity index (χ1n) is 10.9. The summed E-state index contributed by atoms with van der Waals surface area (Å²) >= 11 is 0. The van der Waals surface area contributed by atoms with Crippen LogP contribution < -0.4 is 4.57 Å². The van der Waals surface area contributed by atoms with Crippen LogP contribution >= 0.6 is 0 Å². The topological polar surface area (TPSA) is 8.81 Å². The maximum absolute atomic E-state index is 2.58. The number of hydrogen-bond donors (Lipinski definition) is 0. The molecule has 2 saturated carbocycles. The Morgan fingerprint density at radius 2 is 1.44 bits per heavy atom. The van der Waals surface area contributed by atoms with Crippen LogP contribution in [0.2, 0.25) is 0 Å². The van der Waals surface area contributed by atoms with E-state index in [-0.39, 0.29) is 0 Å². The quantitative estimate of drug-likeness (QED) is 0.588. The summed E-state index contributed by atoms with van der Waals surface area (Å²) < 4.78 is 5.16. The fourth-order valence-corrected chi connectivity index (χ4v) is 5.77. The number of rotatable bonds is 4. The van der Waals surface area contributed by atoms with Crippen molar-refractivity contribution in [2.75, 3.05) is 0 Å². The minimum absolute atomic E-state index is 0.698. The van der Waals surface area contributed by atoms with Gasteiger partial charge in [0.05, 0.1) is 0 Å². The van der Waals surface area contributed by atoms with E-state index in [4.69, 9.17) is 0 Å². The summed E-state index contributed by atoms with van der Waals surface area (Å²) in [7, 11) is 0. The van der Waals surface area contributed by atoms with Crippen molar-refractivity contribution in [3.8, 4) is 0 Å². The monoisotopic (exact) mass is 345 g/mol. The molecule has 1 aromatic heterocycles. The molecule has 0 saturated heterocycles. The van der Waals surface area contributed by atoms with E-state index in [1.165, 1.54) is 38.5 Å². The summed E-state index contributed by atoms with van der Waals surface area (Å²) in [4.78, 5) is 0. The average Bonchev–Trinajstić information content (AvgIpc) is 3.03. The minimum atomic E-state index is 0.698. The van der Waals surface area contributed by atoms with Crippen molar-refractivity contribution in [1.29, 1.82) is 0 Å². The molecule has 0 bridgehead atoms. The molecule has 0 aliphatic heterocycles. The highest BCUT2D eigenvalue weighted by atomic mass is 15.2.